The van der Waals surface area contributed by atoms with Crippen LogP contribution in [0, 0.1) is 6.92 Å². The van der Waals surface area contributed by atoms with E-state index in [1.807, 2.05) is 11.8 Å². The number of thioether (sulfide) groups is 1. The maximum Gasteiger partial charge on any atom is 0.225 e. The Morgan fingerprint density at radius 3 is 2.84 bits per heavy atom. The molecule has 2 heterocycles. The third-order valence-electron chi connectivity index (χ3n) is 2.90. The first-order valence-corrected chi connectivity index (χ1v) is 8.52. The van der Waals surface area contributed by atoms with E-state index in [0.717, 1.165) is 35.2 Å². The van der Waals surface area contributed by atoms with Gasteiger partial charge in [0, 0.05) is 22.1 Å². The highest BCUT2D eigenvalue weighted by Gasteiger charge is 2.13. The van der Waals surface area contributed by atoms with Gasteiger partial charge in [-0.15, -0.1) is 23.1 Å². The number of thiophene rings is 1. The standard InChI is InChI=1S/C14H21N3S2/c1-5-7-15-14-16-12(18-9(3)6-2)11-8-10(4)19-13(11)17-14/h8-9H,5-7H2,1-4H3,(H,15,16,17). The van der Waals surface area contributed by atoms with Gasteiger partial charge in [-0.25, -0.2) is 9.97 Å². The molecule has 0 aromatic carbocycles. The first-order valence-electron chi connectivity index (χ1n) is 6.82. The molecule has 5 heteroatoms. The Labute approximate surface area is 123 Å². The van der Waals surface area contributed by atoms with E-state index in [0.29, 0.717) is 5.25 Å². The molecule has 104 valence electrons. The van der Waals surface area contributed by atoms with Crippen LogP contribution in [0.25, 0.3) is 10.2 Å². The number of nitrogens with one attached hydrogen (secondary N) is 1. The molecule has 2 aromatic heterocycles. The van der Waals surface area contributed by atoms with E-state index in [4.69, 9.17) is 0 Å². The average Bonchev–Trinajstić information content (AvgIpc) is 2.76. The summed E-state index contributed by atoms with van der Waals surface area (Å²) in [6.07, 6.45) is 2.23. The molecule has 19 heavy (non-hydrogen) atoms. The minimum absolute atomic E-state index is 0.581. The zero-order valence-corrected chi connectivity index (χ0v) is 13.6. The van der Waals surface area contributed by atoms with Crippen molar-refractivity contribution in [1.29, 1.82) is 0 Å². The Morgan fingerprint density at radius 2 is 2.16 bits per heavy atom. The predicted molar refractivity (Wildman–Crippen MR) is 86.5 cm³/mol. The Kier molecular flexibility index (Phi) is 5.05. The second-order valence-corrected chi connectivity index (χ2v) is 7.35. The van der Waals surface area contributed by atoms with Crippen LogP contribution < -0.4 is 5.32 Å². The summed E-state index contributed by atoms with van der Waals surface area (Å²) in [6.45, 7) is 9.66. The smallest absolute Gasteiger partial charge is 0.225 e. The van der Waals surface area contributed by atoms with E-state index >= 15 is 0 Å². The van der Waals surface area contributed by atoms with Crippen LogP contribution in [0.2, 0.25) is 0 Å². The molecule has 0 radical (unpaired) electrons. The van der Waals surface area contributed by atoms with E-state index in [-0.39, 0.29) is 0 Å². The molecule has 2 aromatic rings. The van der Waals surface area contributed by atoms with Crippen molar-refractivity contribution in [2.75, 3.05) is 11.9 Å². The lowest BCUT2D eigenvalue weighted by Crippen LogP contribution is -2.05. The molecular weight excluding hydrogens is 274 g/mol. The fraction of sp³-hybridized carbons (Fsp3) is 0.571. The summed E-state index contributed by atoms with van der Waals surface area (Å²) in [7, 11) is 0. The molecule has 0 amide bonds. The highest BCUT2D eigenvalue weighted by molar-refractivity contribution is 8.00. The summed E-state index contributed by atoms with van der Waals surface area (Å²) in [4.78, 5) is 11.7. The summed E-state index contributed by atoms with van der Waals surface area (Å²) in [5, 5.41) is 6.20. The average molecular weight is 295 g/mol. The van der Waals surface area contributed by atoms with Crippen LogP contribution in [0.15, 0.2) is 11.1 Å². The lowest BCUT2D eigenvalue weighted by Gasteiger charge is -2.10. The molecule has 0 saturated heterocycles. The first kappa shape index (κ1) is 14.6. The minimum Gasteiger partial charge on any atom is -0.354 e. The van der Waals surface area contributed by atoms with Crippen molar-refractivity contribution in [3.8, 4) is 0 Å². The zero-order valence-electron chi connectivity index (χ0n) is 12.0. The van der Waals surface area contributed by atoms with Crippen molar-refractivity contribution in [1.82, 2.24) is 9.97 Å². The number of aryl methyl sites for hydroxylation is 1. The second-order valence-electron chi connectivity index (χ2n) is 4.69. The van der Waals surface area contributed by atoms with Crippen molar-refractivity contribution in [3.05, 3.63) is 10.9 Å². The molecule has 2 rings (SSSR count). The number of rotatable bonds is 6. The van der Waals surface area contributed by atoms with Crippen molar-refractivity contribution < 1.29 is 0 Å². The van der Waals surface area contributed by atoms with Crippen LogP contribution >= 0.6 is 23.1 Å². The Morgan fingerprint density at radius 1 is 1.37 bits per heavy atom. The van der Waals surface area contributed by atoms with Gasteiger partial charge in [-0.1, -0.05) is 20.8 Å². The van der Waals surface area contributed by atoms with Crippen LogP contribution in [-0.4, -0.2) is 21.8 Å². The largest absolute Gasteiger partial charge is 0.354 e. The predicted octanol–water partition coefficient (Wildman–Crippen LogP) is 4.71. The second kappa shape index (κ2) is 6.57. The monoisotopic (exact) mass is 295 g/mol. The molecule has 0 spiro atoms. The minimum atomic E-state index is 0.581. The quantitative estimate of drug-likeness (QED) is 0.618. The number of hydrogen-bond donors (Lipinski definition) is 1. The van der Waals surface area contributed by atoms with Crippen molar-refractivity contribution in [2.45, 2.75) is 50.8 Å². The molecule has 0 saturated carbocycles. The third kappa shape index (κ3) is 3.60. The third-order valence-corrected chi connectivity index (χ3v) is 5.12. The number of aromatic nitrogens is 2. The molecular formula is C14H21N3S2. The van der Waals surface area contributed by atoms with Gasteiger partial charge in [0.15, 0.2) is 0 Å². The number of anilines is 1. The maximum absolute atomic E-state index is 4.69. The molecule has 1 N–H and O–H groups in total. The van der Waals surface area contributed by atoms with E-state index in [1.165, 1.54) is 10.3 Å². The van der Waals surface area contributed by atoms with Crippen molar-refractivity contribution in [2.24, 2.45) is 0 Å². The summed E-state index contributed by atoms with van der Waals surface area (Å²) in [5.41, 5.74) is 0. The molecule has 1 unspecified atom stereocenters. The van der Waals surface area contributed by atoms with Gasteiger partial charge in [-0.05, 0) is 25.8 Å². The maximum atomic E-state index is 4.69. The molecule has 0 bridgehead atoms. The highest BCUT2D eigenvalue weighted by Crippen LogP contribution is 2.34. The van der Waals surface area contributed by atoms with Gasteiger partial charge < -0.3 is 5.32 Å². The van der Waals surface area contributed by atoms with Gasteiger partial charge in [-0.2, -0.15) is 0 Å². The summed E-state index contributed by atoms with van der Waals surface area (Å²) < 4.78 is 0. The van der Waals surface area contributed by atoms with Crippen LogP contribution in [0.3, 0.4) is 0 Å². The highest BCUT2D eigenvalue weighted by atomic mass is 32.2. The Bertz CT molecular complexity index is 551. The summed E-state index contributed by atoms with van der Waals surface area (Å²) >= 11 is 3.59. The fourth-order valence-corrected chi connectivity index (χ4v) is 3.61. The Balaban J connectivity index is 2.39. The first-order chi connectivity index (χ1) is 9.13. The Hall–Kier alpha value is -0.810. The lowest BCUT2D eigenvalue weighted by molar-refractivity contribution is 0.900. The number of hydrogen-bond acceptors (Lipinski definition) is 5. The van der Waals surface area contributed by atoms with Gasteiger partial charge in [0.25, 0.3) is 0 Å². The van der Waals surface area contributed by atoms with Gasteiger partial charge in [0.05, 0.1) is 0 Å². The van der Waals surface area contributed by atoms with Gasteiger partial charge >= 0.3 is 0 Å². The SMILES string of the molecule is CCCNc1nc(SC(C)CC)c2cc(C)sc2n1. The van der Waals surface area contributed by atoms with Crippen molar-refractivity contribution in [3.63, 3.8) is 0 Å². The van der Waals surface area contributed by atoms with Crippen LogP contribution in [0.4, 0.5) is 5.95 Å². The fourth-order valence-electron chi connectivity index (χ4n) is 1.70. The molecule has 0 fully saturated rings. The molecule has 3 nitrogen and oxygen atoms in total. The topological polar surface area (TPSA) is 37.8 Å². The molecule has 0 aliphatic heterocycles. The summed E-state index contributed by atoms with van der Waals surface area (Å²) in [5.74, 6) is 0.766. The molecule has 1 atom stereocenters. The van der Waals surface area contributed by atoms with Crippen molar-refractivity contribution >= 4 is 39.3 Å². The lowest BCUT2D eigenvalue weighted by atomic mass is 10.4. The zero-order chi connectivity index (χ0) is 13.8. The van der Waals surface area contributed by atoms with Gasteiger partial charge in [-0.3, -0.25) is 0 Å². The number of fused-ring (bicyclic) bond motifs is 1. The van der Waals surface area contributed by atoms with E-state index in [2.05, 4.69) is 49.0 Å². The molecule has 0 aliphatic carbocycles. The van der Waals surface area contributed by atoms with Crippen LogP contribution in [-0.2, 0) is 0 Å². The normalized spacial score (nSPS) is 12.8. The molecule has 0 aliphatic rings. The van der Waals surface area contributed by atoms with E-state index < -0.39 is 0 Å². The van der Waals surface area contributed by atoms with E-state index in [1.54, 1.807) is 11.3 Å². The number of nitrogens with zero attached hydrogens (tertiary/aromatic N) is 2. The van der Waals surface area contributed by atoms with Gasteiger partial charge in [0.2, 0.25) is 5.95 Å². The summed E-state index contributed by atoms with van der Waals surface area (Å²) in [6, 6.07) is 2.20. The van der Waals surface area contributed by atoms with E-state index in [9.17, 15) is 0 Å². The van der Waals surface area contributed by atoms with Crippen LogP contribution in [0.1, 0.15) is 38.5 Å². The van der Waals surface area contributed by atoms with Gasteiger partial charge in [0.1, 0.15) is 9.86 Å². The van der Waals surface area contributed by atoms with Crippen LogP contribution in [0.5, 0.6) is 0 Å².